The van der Waals surface area contributed by atoms with Crippen molar-refractivity contribution in [1.29, 1.82) is 0 Å². The maximum atomic E-state index is 13.9. The number of hydrogen-bond acceptors (Lipinski definition) is 2. The molecule has 2 nitrogen and oxygen atoms in total. The van der Waals surface area contributed by atoms with Gasteiger partial charge < -0.3 is 5.32 Å². The summed E-state index contributed by atoms with van der Waals surface area (Å²) in [6.07, 6.45) is 1.09. The molecule has 4 heteroatoms. The van der Waals surface area contributed by atoms with E-state index in [-0.39, 0.29) is 5.82 Å². The molecule has 1 fully saturated rings. The molecule has 1 aromatic carbocycles. The maximum absolute atomic E-state index is 13.9. The smallest absolute Gasteiger partial charge is 0.127 e. The summed E-state index contributed by atoms with van der Waals surface area (Å²) < 4.78 is 13.9. The van der Waals surface area contributed by atoms with Crippen molar-refractivity contribution in [3.8, 4) is 0 Å². The van der Waals surface area contributed by atoms with Crippen molar-refractivity contribution in [1.82, 2.24) is 10.2 Å². The van der Waals surface area contributed by atoms with Gasteiger partial charge in [-0.15, -0.1) is 0 Å². The Hall–Kier alpha value is -0.640. The molecule has 1 saturated heterocycles. The first kappa shape index (κ1) is 15.7. The van der Waals surface area contributed by atoms with Crippen LogP contribution in [0.5, 0.6) is 0 Å². The van der Waals surface area contributed by atoms with E-state index >= 15 is 0 Å². The minimum absolute atomic E-state index is 0.167. The van der Waals surface area contributed by atoms with Gasteiger partial charge in [0.1, 0.15) is 5.82 Å². The fourth-order valence-electron chi connectivity index (χ4n) is 2.71. The standard InChI is InChI=1S/C16H24ClFN2/c1-11(2)16-10-20(12(3)6-7-19-16)9-13-8-14(17)4-5-15(13)18/h4-5,8,11-12,16,19H,6-7,9-10H2,1-3H3. The summed E-state index contributed by atoms with van der Waals surface area (Å²) >= 11 is 5.98. The SMILES string of the molecule is CC(C)C1CN(Cc2cc(Cl)ccc2F)C(C)CCN1. The van der Waals surface area contributed by atoms with Gasteiger partial charge in [0.15, 0.2) is 0 Å². The first-order valence-corrected chi connectivity index (χ1v) is 7.76. The van der Waals surface area contributed by atoms with E-state index in [1.54, 1.807) is 12.1 Å². The Labute approximate surface area is 126 Å². The van der Waals surface area contributed by atoms with E-state index < -0.39 is 0 Å². The van der Waals surface area contributed by atoms with Gasteiger partial charge in [-0.3, -0.25) is 4.90 Å². The van der Waals surface area contributed by atoms with Crippen LogP contribution in [-0.4, -0.2) is 30.1 Å². The molecule has 0 radical (unpaired) electrons. The fraction of sp³-hybridized carbons (Fsp3) is 0.625. The normalized spacial score (nSPS) is 24.9. The molecule has 2 atom stereocenters. The zero-order valence-corrected chi connectivity index (χ0v) is 13.3. The van der Waals surface area contributed by atoms with E-state index in [9.17, 15) is 4.39 Å². The van der Waals surface area contributed by atoms with Gasteiger partial charge in [0, 0.05) is 35.8 Å². The monoisotopic (exact) mass is 298 g/mol. The van der Waals surface area contributed by atoms with Gasteiger partial charge in [-0.1, -0.05) is 25.4 Å². The Morgan fingerprint density at radius 2 is 2.20 bits per heavy atom. The number of hydrogen-bond donors (Lipinski definition) is 1. The van der Waals surface area contributed by atoms with Gasteiger partial charge in [-0.25, -0.2) is 4.39 Å². The second kappa shape index (κ2) is 6.88. The molecule has 1 aromatic rings. The zero-order valence-electron chi connectivity index (χ0n) is 12.5. The molecule has 112 valence electrons. The molecule has 1 heterocycles. The number of halogens is 2. The van der Waals surface area contributed by atoms with Crippen LogP contribution in [-0.2, 0) is 6.54 Å². The predicted molar refractivity (Wildman–Crippen MR) is 82.5 cm³/mol. The van der Waals surface area contributed by atoms with Crippen LogP contribution in [0, 0.1) is 11.7 Å². The van der Waals surface area contributed by atoms with Gasteiger partial charge in [-0.2, -0.15) is 0 Å². The molecule has 0 saturated carbocycles. The minimum atomic E-state index is -0.167. The van der Waals surface area contributed by atoms with Crippen LogP contribution in [0.2, 0.25) is 5.02 Å². The van der Waals surface area contributed by atoms with Crippen molar-refractivity contribution in [2.45, 2.75) is 45.8 Å². The van der Waals surface area contributed by atoms with Gasteiger partial charge in [0.2, 0.25) is 0 Å². The quantitative estimate of drug-likeness (QED) is 0.915. The largest absolute Gasteiger partial charge is 0.312 e. The molecule has 0 spiro atoms. The molecule has 0 aliphatic carbocycles. The van der Waals surface area contributed by atoms with Crippen LogP contribution in [0.25, 0.3) is 0 Å². The van der Waals surface area contributed by atoms with Crippen LogP contribution in [0.1, 0.15) is 32.8 Å². The second-order valence-corrected chi connectivity index (χ2v) is 6.54. The van der Waals surface area contributed by atoms with Crippen molar-refractivity contribution in [2.24, 2.45) is 5.92 Å². The topological polar surface area (TPSA) is 15.3 Å². The molecule has 0 aromatic heterocycles. The molecule has 1 aliphatic heterocycles. The zero-order chi connectivity index (χ0) is 14.7. The minimum Gasteiger partial charge on any atom is -0.312 e. The highest BCUT2D eigenvalue weighted by atomic mass is 35.5. The highest BCUT2D eigenvalue weighted by Crippen LogP contribution is 2.20. The van der Waals surface area contributed by atoms with E-state index in [0.717, 1.165) is 19.5 Å². The van der Waals surface area contributed by atoms with Crippen LogP contribution >= 0.6 is 11.6 Å². The summed E-state index contributed by atoms with van der Waals surface area (Å²) in [6.45, 7) is 9.27. The summed E-state index contributed by atoms with van der Waals surface area (Å²) in [4.78, 5) is 2.36. The molecule has 2 rings (SSSR count). The Morgan fingerprint density at radius 3 is 2.90 bits per heavy atom. The second-order valence-electron chi connectivity index (χ2n) is 6.11. The lowest BCUT2D eigenvalue weighted by Gasteiger charge is -2.30. The summed E-state index contributed by atoms with van der Waals surface area (Å²) in [6, 6.07) is 5.71. The van der Waals surface area contributed by atoms with Gasteiger partial charge in [-0.05, 0) is 44.0 Å². The third-order valence-corrected chi connectivity index (χ3v) is 4.44. The summed E-state index contributed by atoms with van der Waals surface area (Å²) in [5.74, 6) is 0.409. The van der Waals surface area contributed by atoms with Gasteiger partial charge in [0.05, 0.1) is 0 Å². The van der Waals surface area contributed by atoms with E-state index in [0.29, 0.717) is 35.1 Å². The molecule has 1 N–H and O–H groups in total. The van der Waals surface area contributed by atoms with Crippen molar-refractivity contribution < 1.29 is 4.39 Å². The van der Waals surface area contributed by atoms with Crippen LogP contribution in [0.4, 0.5) is 4.39 Å². The summed E-state index contributed by atoms with van der Waals surface area (Å²) in [5, 5.41) is 4.19. The number of benzene rings is 1. The lowest BCUT2D eigenvalue weighted by Crippen LogP contribution is -2.42. The van der Waals surface area contributed by atoms with E-state index in [1.807, 2.05) is 0 Å². The molecule has 0 bridgehead atoms. The Kier molecular flexibility index (Phi) is 5.42. The fourth-order valence-corrected chi connectivity index (χ4v) is 2.90. The Balaban J connectivity index is 2.14. The lowest BCUT2D eigenvalue weighted by molar-refractivity contribution is 0.182. The van der Waals surface area contributed by atoms with Crippen molar-refractivity contribution in [3.05, 3.63) is 34.6 Å². The first-order valence-electron chi connectivity index (χ1n) is 7.38. The number of nitrogens with one attached hydrogen (secondary N) is 1. The average Bonchev–Trinajstić information content (AvgIpc) is 2.57. The third kappa shape index (κ3) is 3.94. The lowest BCUT2D eigenvalue weighted by atomic mass is 10.0. The molecule has 20 heavy (non-hydrogen) atoms. The van der Waals surface area contributed by atoms with Crippen LogP contribution in [0.15, 0.2) is 18.2 Å². The molecule has 1 aliphatic rings. The average molecular weight is 299 g/mol. The summed E-state index contributed by atoms with van der Waals surface area (Å²) in [5.41, 5.74) is 0.689. The predicted octanol–water partition coefficient (Wildman–Crippen LogP) is 3.69. The van der Waals surface area contributed by atoms with Gasteiger partial charge in [0.25, 0.3) is 0 Å². The van der Waals surface area contributed by atoms with E-state index in [2.05, 4.69) is 31.0 Å². The van der Waals surface area contributed by atoms with E-state index in [1.165, 1.54) is 6.07 Å². The van der Waals surface area contributed by atoms with Gasteiger partial charge >= 0.3 is 0 Å². The Bertz CT molecular complexity index is 450. The summed E-state index contributed by atoms with van der Waals surface area (Å²) in [7, 11) is 0. The highest BCUT2D eigenvalue weighted by molar-refractivity contribution is 6.30. The third-order valence-electron chi connectivity index (χ3n) is 4.21. The molecular formula is C16H24ClFN2. The molecular weight excluding hydrogens is 275 g/mol. The van der Waals surface area contributed by atoms with Crippen molar-refractivity contribution >= 4 is 11.6 Å². The first-order chi connectivity index (χ1) is 9.47. The maximum Gasteiger partial charge on any atom is 0.127 e. The number of nitrogens with zero attached hydrogens (tertiary/aromatic N) is 1. The van der Waals surface area contributed by atoms with Crippen LogP contribution < -0.4 is 5.32 Å². The number of rotatable bonds is 3. The van der Waals surface area contributed by atoms with Crippen molar-refractivity contribution in [2.75, 3.05) is 13.1 Å². The van der Waals surface area contributed by atoms with Crippen LogP contribution in [0.3, 0.4) is 0 Å². The highest BCUT2D eigenvalue weighted by Gasteiger charge is 2.25. The Morgan fingerprint density at radius 1 is 1.45 bits per heavy atom. The molecule has 2 unspecified atom stereocenters. The van der Waals surface area contributed by atoms with E-state index in [4.69, 9.17) is 11.6 Å². The molecule has 0 amide bonds. The van der Waals surface area contributed by atoms with Crippen molar-refractivity contribution in [3.63, 3.8) is 0 Å².